The number of anilines is 1. The standard InChI is InChI=1S/C22H22N2O4.CH4/c1-14-7-5-6-8-18(14)24-22(25)17-9-16(12-23-13-17)15-10-19(26-2)21(28-4)20(11-15)27-3;/h5-13H,1-4H3,(H,24,25);1H4. The Kier molecular flexibility index (Phi) is 7.20. The second kappa shape index (κ2) is 9.59. The van der Waals surface area contributed by atoms with Gasteiger partial charge in [-0.1, -0.05) is 25.6 Å². The number of rotatable bonds is 6. The van der Waals surface area contributed by atoms with Crippen LogP contribution < -0.4 is 19.5 Å². The van der Waals surface area contributed by atoms with Gasteiger partial charge in [-0.3, -0.25) is 9.78 Å². The molecule has 3 aromatic rings. The van der Waals surface area contributed by atoms with Crippen LogP contribution in [-0.4, -0.2) is 32.2 Å². The number of ether oxygens (including phenoxy) is 3. The molecule has 6 nitrogen and oxygen atoms in total. The van der Waals surface area contributed by atoms with Crippen molar-refractivity contribution < 1.29 is 19.0 Å². The number of hydrogen-bond acceptors (Lipinski definition) is 5. The summed E-state index contributed by atoms with van der Waals surface area (Å²) >= 11 is 0. The summed E-state index contributed by atoms with van der Waals surface area (Å²) in [6.45, 7) is 1.94. The van der Waals surface area contributed by atoms with Crippen molar-refractivity contribution in [2.24, 2.45) is 0 Å². The van der Waals surface area contributed by atoms with E-state index in [1.807, 2.05) is 43.3 Å². The monoisotopic (exact) mass is 394 g/mol. The lowest BCUT2D eigenvalue weighted by atomic mass is 10.0. The van der Waals surface area contributed by atoms with Gasteiger partial charge in [0, 0.05) is 23.6 Å². The van der Waals surface area contributed by atoms with E-state index in [-0.39, 0.29) is 13.3 Å². The van der Waals surface area contributed by atoms with Crippen molar-refractivity contribution in [3.8, 4) is 28.4 Å². The van der Waals surface area contributed by atoms with Gasteiger partial charge in [-0.2, -0.15) is 0 Å². The minimum atomic E-state index is -0.226. The Balaban J connectivity index is 0.00000300. The molecule has 152 valence electrons. The van der Waals surface area contributed by atoms with Gasteiger partial charge in [-0.25, -0.2) is 0 Å². The van der Waals surface area contributed by atoms with Gasteiger partial charge in [0.05, 0.1) is 26.9 Å². The van der Waals surface area contributed by atoms with Gasteiger partial charge in [0.25, 0.3) is 5.91 Å². The third kappa shape index (κ3) is 4.66. The number of nitrogens with zero attached hydrogens (tertiary/aromatic N) is 1. The van der Waals surface area contributed by atoms with Crippen LogP contribution in [0.2, 0.25) is 0 Å². The average Bonchev–Trinajstić information content (AvgIpc) is 2.74. The highest BCUT2D eigenvalue weighted by Gasteiger charge is 2.15. The van der Waals surface area contributed by atoms with Crippen molar-refractivity contribution >= 4 is 11.6 Å². The van der Waals surface area contributed by atoms with Crippen LogP contribution in [0.15, 0.2) is 54.9 Å². The summed E-state index contributed by atoms with van der Waals surface area (Å²) in [5, 5.41) is 2.92. The molecule has 29 heavy (non-hydrogen) atoms. The van der Waals surface area contributed by atoms with E-state index in [4.69, 9.17) is 14.2 Å². The normalized spacial score (nSPS) is 9.93. The van der Waals surface area contributed by atoms with Gasteiger partial charge in [-0.05, 0) is 42.3 Å². The molecular weight excluding hydrogens is 368 g/mol. The zero-order chi connectivity index (χ0) is 20.1. The smallest absolute Gasteiger partial charge is 0.257 e. The number of aromatic nitrogens is 1. The van der Waals surface area contributed by atoms with Crippen molar-refractivity contribution in [3.05, 3.63) is 66.0 Å². The zero-order valence-electron chi connectivity index (χ0n) is 16.3. The Morgan fingerprint density at radius 3 is 2.14 bits per heavy atom. The zero-order valence-corrected chi connectivity index (χ0v) is 16.3. The van der Waals surface area contributed by atoms with E-state index >= 15 is 0 Å². The van der Waals surface area contributed by atoms with E-state index < -0.39 is 0 Å². The van der Waals surface area contributed by atoms with Crippen LogP contribution in [0.5, 0.6) is 17.2 Å². The summed E-state index contributed by atoms with van der Waals surface area (Å²) < 4.78 is 16.2. The molecule has 0 saturated heterocycles. The number of pyridine rings is 1. The first-order valence-electron chi connectivity index (χ1n) is 8.69. The van der Waals surface area contributed by atoms with E-state index in [0.29, 0.717) is 22.8 Å². The lowest BCUT2D eigenvalue weighted by Gasteiger charge is -2.14. The Labute approximate surface area is 171 Å². The number of methoxy groups -OCH3 is 3. The summed E-state index contributed by atoms with van der Waals surface area (Å²) in [5.41, 5.74) is 3.77. The highest BCUT2D eigenvalue weighted by atomic mass is 16.5. The molecule has 0 bridgehead atoms. The van der Waals surface area contributed by atoms with E-state index in [1.54, 1.807) is 33.6 Å². The highest BCUT2D eigenvalue weighted by molar-refractivity contribution is 6.05. The maximum Gasteiger partial charge on any atom is 0.257 e. The first-order chi connectivity index (χ1) is 13.6. The lowest BCUT2D eigenvalue weighted by molar-refractivity contribution is 0.102. The molecule has 0 radical (unpaired) electrons. The van der Waals surface area contributed by atoms with Crippen LogP contribution in [0.25, 0.3) is 11.1 Å². The third-order valence-electron chi connectivity index (χ3n) is 4.39. The molecule has 0 unspecified atom stereocenters. The second-order valence-corrected chi connectivity index (χ2v) is 6.15. The van der Waals surface area contributed by atoms with Crippen molar-refractivity contribution in [2.75, 3.05) is 26.6 Å². The fourth-order valence-electron chi connectivity index (χ4n) is 2.88. The minimum absolute atomic E-state index is 0. The fourth-order valence-corrected chi connectivity index (χ4v) is 2.88. The molecule has 2 aromatic carbocycles. The SMILES string of the molecule is C.COc1cc(-c2cncc(C(=O)Nc3ccccc3C)c2)cc(OC)c1OC. The summed E-state index contributed by atoms with van der Waals surface area (Å²) in [6, 6.07) is 13.0. The maximum atomic E-state index is 12.7. The average molecular weight is 394 g/mol. The quantitative estimate of drug-likeness (QED) is 0.639. The van der Waals surface area contributed by atoms with Crippen LogP contribution in [0.4, 0.5) is 5.69 Å². The molecule has 0 aliphatic heterocycles. The molecule has 0 aliphatic rings. The van der Waals surface area contributed by atoms with E-state index in [2.05, 4.69) is 10.3 Å². The van der Waals surface area contributed by atoms with Gasteiger partial charge < -0.3 is 19.5 Å². The van der Waals surface area contributed by atoms with Crippen LogP contribution in [0.1, 0.15) is 23.3 Å². The third-order valence-corrected chi connectivity index (χ3v) is 4.39. The summed E-state index contributed by atoms with van der Waals surface area (Å²) in [7, 11) is 4.68. The summed E-state index contributed by atoms with van der Waals surface area (Å²) in [6.07, 6.45) is 3.22. The van der Waals surface area contributed by atoms with Crippen LogP contribution >= 0.6 is 0 Å². The first kappa shape index (κ1) is 21.8. The number of hydrogen-bond donors (Lipinski definition) is 1. The van der Waals surface area contributed by atoms with Crippen LogP contribution in [0.3, 0.4) is 0 Å². The molecule has 0 spiro atoms. The van der Waals surface area contributed by atoms with Crippen molar-refractivity contribution in [3.63, 3.8) is 0 Å². The number of carbonyl (C=O) groups is 1. The molecule has 1 heterocycles. The fraction of sp³-hybridized carbons (Fsp3) is 0.217. The van der Waals surface area contributed by atoms with Gasteiger partial charge in [0.1, 0.15) is 0 Å². The molecule has 0 saturated carbocycles. The number of benzene rings is 2. The van der Waals surface area contributed by atoms with Gasteiger partial charge >= 0.3 is 0 Å². The van der Waals surface area contributed by atoms with E-state index in [1.165, 1.54) is 6.20 Å². The van der Waals surface area contributed by atoms with Crippen molar-refractivity contribution in [2.45, 2.75) is 14.4 Å². The topological polar surface area (TPSA) is 69.7 Å². The molecular formula is C23H26N2O4. The Bertz CT molecular complexity index is 977. The predicted molar refractivity (Wildman–Crippen MR) is 115 cm³/mol. The van der Waals surface area contributed by atoms with Crippen LogP contribution in [0, 0.1) is 6.92 Å². The molecule has 3 rings (SSSR count). The van der Waals surface area contributed by atoms with Gasteiger partial charge in [0.15, 0.2) is 11.5 Å². The number of amides is 1. The molecule has 0 aliphatic carbocycles. The number of carbonyl (C=O) groups excluding carboxylic acids is 1. The summed E-state index contributed by atoms with van der Waals surface area (Å²) in [5.74, 6) is 1.35. The lowest BCUT2D eigenvalue weighted by Crippen LogP contribution is -2.13. The molecule has 6 heteroatoms. The second-order valence-electron chi connectivity index (χ2n) is 6.15. The maximum absolute atomic E-state index is 12.7. The predicted octanol–water partition coefficient (Wildman–Crippen LogP) is 4.97. The Hall–Kier alpha value is -3.54. The largest absolute Gasteiger partial charge is 0.493 e. The van der Waals surface area contributed by atoms with E-state index in [0.717, 1.165) is 22.4 Å². The van der Waals surface area contributed by atoms with Gasteiger partial charge in [-0.15, -0.1) is 0 Å². The molecule has 1 amide bonds. The molecule has 1 aromatic heterocycles. The number of aryl methyl sites for hydroxylation is 1. The molecule has 1 N–H and O–H groups in total. The van der Waals surface area contributed by atoms with Crippen molar-refractivity contribution in [1.82, 2.24) is 4.98 Å². The molecule has 0 fully saturated rings. The minimum Gasteiger partial charge on any atom is -0.493 e. The summed E-state index contributed by atoms with van der Waals surface area (Å²) in [4.78, 5) is 16.9. The number of para-hydroxylation sites is 1. The van der Waals surface area contributed by atoms with Crippen molar-refractivity contribution in [1.29, 1.82) is 0 Å². The van der Waals surface area contributed by atoms with Crippen LogP contribution in [-0.2, 0) is 0 Å². The molecule has 0 atom stereocenters. The first-order valence-corrected chi connectivity index (χ1v) is 8.69. The van der Waals surface area contributed by atoms with Gasteiger partial charge in [0.2, 0.25) is 5.75 Å². The Morgan fingerprint density at radius 1 is 0.897 bits per heavy atom. The highest BCUT2D eigenvalue weighted by Crippen LogP contribution is 2.41. The number of nitrogens with one attached hydrogen (secondary N) is 1. The Morgan fingerprint density at radius 2 is 1.55 bits per heavy atom. The van der Waals surface area contributed by atoms with E-state index in [9.17, 15) is 4.79 Å².